The summed E-state index contributed by atoms with van der Waals surface area (Å²) >= 11 is 0. The minimum atomic E-state index is -1.09. The minimum Gasteiger partial charge on any atom is -0.386 e. The van der Waals surface area contributed by atoms with E-state index in [2.05, 4.69) is 5.10 Å². The van der Waals surface area contributed by atoms with Crippen LogP contribution in [-0.4, -0.2) is 21.6 Å². The van der Waals surface area contributed by atoms with Crippen LogP contribution in [0, 0.1) is 0 Å². The lowest BCUT2D eigenvalue weighted by Gasteiger charge is -2.12. The van der Waals surface area contributed by atoms with Gasteiger partial charge in [-0.3, -0.25) is 0 Å². The van der Waals surface area contributed by atoms with Crippen molar-refractivity contribution < 1.29 is 9.50 Å². The predicted molar refractivity (Wildman–Crippen MR) is 54.5 cm³/mol. The summed E-state index contributed by atoms with van der Waals surface area (Å²) in [5.41, 5.74) is 1.25. The maximum Gasteiger partial charge on any atom is 0.120 e. The van der Waals surface area contributed by atoms with Crippen LogP contribution in [0.5, 0.6) is 0 Å². The molecule has 0 radical (unpaired) electrons. The molecule has 0 aliphatic rings. The van der Waals surface area contributed by atoms with Crippen LogP contribution in [0.4, 0.5) is 4.39 Å². The molecule has 0 bridgehead atoms. The van der Waals surface area contributed by atoms with Crippen LogP contribution >= 0.6 is 0 Å². The third-order valence-corrected chi connectivity index (χ3v) is 2.19. The van der Waals surface area contributed by atoms with Gasteiger partial charge in [0.25, 0.3) is 0 Å². The van der Waals surface area contributed by atoms with Crippen molar-refractivity contribution in [2.75, 3.05) is 6.67 Å². The van der Waals surface area contributed by atoms with Crippen LogP contribution in [0.25, 0.3) is 5.69 Å². The van der Waals surface area contributed by atoms with Crippen molar-refractivity contribution in [2.24, 2.45) is 0 Å². The van der Waals surface area contributed by atoms with E-state index in [1.807, 2.05) is 6.07 Å². The summed E-state index contributed by atoms with van der Waals surface area (Å²) in [4.78, 5) is 0. The highest BCUT2D eigenvalue weighted by atomic mass is 19.1. The number of hydrogen-bond donors (Lipinski definition) is 1. The molecule has 4 heteroatoms. The maximum atomic E-state index is 12.4. The first-order valence-corrected chi connectivity index (χ1v) is 4.66. The molecule has 1 unspecified atom stereocenters. The SMILES string of the molecule is OC(CF)c1ccccc1-n1cccn1. The maximum absolute atomic E-state index is 12.4. The summed E-state index contributed by atoms with van der Waals surface area (Å²) in [6.07, 6.45) is 2.30. The van der Waals surface area contributed by atoms with E-state index in [1.54, 1.807) is 41.3 Å². The van der Waals surface area contributed by atoms with Gasteiger partial charge in [-0.25, -0.2) is 9.07 Å². The van der Waals surface area contributed by atoms with Crippen LogP contribution < -0.4 is 0 Å². The summed E-state index contributed by atoms with van der Waals surface area (Å²) in [6.45, 7) is -0.793. The molecule has 0 aliphatic heterocycles. The highest BCUT2D eigenvalue weighted by Crippen LogP contribution is 2.21. The average molecular weight is 206 g/mol. The number of aliphatic hydroxyl groups excluding tert-OH is 1. The van der Waals surface area contributed by atoms with E-state index >= 15 is 0 Å². The Bertz CT molecular complexity index is 428. The van der Waals surface area contributed by atoms with Gasteiger partial charge in [-0.15, -0.1) is 0 Å². The van der Waals surface area contributed by atoms with E-state index in [4.69, 9.17) is 0 Å². The molecule has 78 valence electrons. The van der Waals surface area contributed by atoms with Crippen LogP contribution in [0.3, 0.4) is 0 Å². The standard InChI is InChI=1S/C11H11FN2O/c12-8-11(15)9-4-1-2-5-10(9)14-7-3-6-13-14/h1-7,11,15H,8H2. The first-order valence-electron chi connectivity index (χ1n) is 4.66. The van der Waals surface area contributed by atoms with Gasteiger partial charge in [0.15, 0.2) is 0 Å². The lowest BCUT2D eigenvalue weighted by molar-refractivity contribution is 0.141. The van der Waals surface area contributed by atoms with Crippen LogP contribution in [0.2, 0.25) is 0 Å². The second-order valence-electron chi connectivity index (χ2n) is 3.18. The molecule has 1 aromatic heterocycles. The summed E-state index contributed by atoms with van der Waals surface area (Å²) in [5.74, 6) is 0. The monoisotopic (exact) mass is 206 g/mol. The van der Waals surface area contributed by atoms with Gasteiger partial charge in [0.2, 0.25) is 0 Å². The summed E-state index contributed by atoms with van der Waals surface area (Å²) in [5, 5.41) is 13.5. The molecule has 15 heavy (non-hydrogen) atoms. The van der Waals surface area contributed by atoms with Gasteiger partial charge in [0.1, 0.15) is 12.8 Å². The number of para-hydroxylation sites is 1. The van der Waals surface area contributed by atoms with Crippen LogP contribution in [-0.2, 0) is 0 Å². The largest absolute Gasteiger partial charge is 0.386 e. The summed E-state index contributed by atoms with van der Waals surface area (Å²) in [7, 11) is 0. The van der Waals surface area contributed by atoms with Gasteiger partial charge >= 0.3 is 0 Å². The Morgan fingerprint density at radius 3 is 2.80 bits per heavy atom. The molecule has 0 aliphatic carbocycles. The zero-order valence-electron chi connectivity index (χ0n) is 8.05. The fraction of sp³-hybridized carbons (Fsp3) is 0.182. The number of aromatic nitrogens is 2. The van der Waals surface area contributed by atoms with Crippen LogP contribution in [0.1, 0.15) is 11.7 Å². The molecule has 1 heterocycles. The van der Waals surface area contributed by atoms with Crippen molar-refractivity contribution in [3.05, 3.63) is 48.3 Å². The summed E-state index contributed by atoms with van der Waals surface area (Å²) in [6, 6.07) is 8.85. The molecule has 0 amide bonds. The Hall–Kier alpha value is -1.68. The zero-order chi connectivity index (χ0) is 10.7. The van der Waals surface area contributed by atoms with Gasteiger partial charge < -0.3 is 5.11 Å². The first kappa shape index (κ1) is 9.86. The summed E-state index contributed by atoms with van der Waals surface area (Å²) < 4.78 is 14.0. The Morgan fingerprint density at radius 2 is 2.13 bits per heavy atom. The highest BCUT2D eigenvalue weighted by Gasteiger charge is 2.12. The third kappa shape index (κ3) is 1.89. The van der Waals surface area contributed by atoms with Gasteiger partial charge in [-0.2, -0.15) is 5.10 Å². The Morgan fingerprint density at radius 1 is 1.33 bits per heavy atom. The molecule has 1 aromatic carbocycles. The second kappa shape index (κ2) is 4.23. The molecule has 0 spiro atoms. The molecule has 0 saturated carbocycles. The highest BCUT2D eigenvalue weighted by molar-refractivity contribution is 5.41. The van der Waals surface area contributed by atoms with Gasteiger partial charge in [-0.05, 0) is 12.1 Å². The number of halogens is 1. The predicted octanol–water partition coefficient (Wildman–Crippen LogP) is 1.88. The minimum absolute atomic E-state index is 0.545. The molecule has 2 rings (SSSR count). The molecule has 0 fully saturated rings. The van der Waals surface area contributed by atoms with E-state index in [-0.39, 0.29) is 0 Å². The second-order valence-corrected chi connectivity index (χ2v) is 3.18. The number of benzene rings is 1. The van der Waals surface area contributed by atoms with E-state index in [9.17, 15) is 9.50 Å². The smallest absolute Gasteiger partial charge is 0.120 e. The Labute approximate surface area is 86.8 Å². The molecule has 0 saturated heterocycles. The fourth-order valence-electron chi connectivity index (χ4n) is 1.47. The number of nitrogens with zero attached hydrogens (tertiary/aromatic N) is 2. The first-order chi connectivity index (χ1) is 7.33. The van der Waals surface area contributed by atoms with Crippen molar-refractivity contribution in [1.82, 2.24) is 9.78 Å². The van der Waals surface area contributed by atoms with Crippen molar-refractivity contribution in [3.8, 4) is 5.69 Å². The van der Waals surface area contributed by atoms with E-state index in [0.29, 0.717) is 11.3 Å². The lowest BCUT2D eigenvalue weighted by Crippen LogP contribution is -2.06. The topological polar surface area (TPSA) is 38.0 Å². The van der Waals surface area contributed by atoms with E-state index in [0.717, 1.165) is 0 Å². The Kier molecular flexibility index (Phi) is 2.78. The van der Waals surface area contributed by atoms with Gasteiger partial charge in [-0.1, -0.05) is 18.2 Å². The van der Waals surface area contributed by atoms with Crippen molar-refractivity contribution in [3.63, 3.8) is 0 Å². The molecule has 3 nitrogen and oxygen atoms in total. The number of aliphatic hydroxyl groups is 1. The van der Waals surface area contributed by atoms with Crippen LogP contribution in [0.15, 0.2) is 42.7 Å². The molecular weight excluding hydrogens is 195 g/mol. The quantitative estimate of drug-likeness (QED) is 0.832. The number of alkyl halides is 1. The average Bonchev–Trinajstić information content (AvgIpc) is 2.81. The van der Waals surface area contributed by atoms with Gasteiger partial charge in [0.05, 0.1) is 5.69 Å². The third-order valence-electron chi connectivity index (χ3n) is 2.19. The fourth-order valence-corrected chi connectivity index (χ4v) is 1.47. The van der Waals surface area contributed by atoms with Crippen molar-refractivity contribution >= 4 is 0 Å². The molecular formula is C11H11FN2O. The molecule has 1 atom stereocenters. The van der Waals surface area contributed by atoms with E-state index in [1.165, 1.54) is 0 Å². The van der Waals surface area contributed by atoms with E-state index < -0.39 is 12.8 Å². The molecule has 1 N–H and O–H groups in total. The number of rotatable bonds is 3. The number of hydrogen-bond acceptors (Lipinski definition) is 2. The molecule has 2 aromatic rings. The Balaban J connectivity index is 2.47. The van der Waals surface area contributed by atoms with Crippen molar-refractivity contribution in [1.29, 1.82) is 0 Å². The van der Waals surface area contributed by atoms with Gasteiger partial charge in [0, 0.05) is 18.0 Å². The lowest BCUT2D eigenvalue weighted by atomic mass is 10.1. The normalized spacial score (nSPS) is 12.7. The zero-order valence-corrected chi connectivity index (χ0v) is 8.05. The van der Waals surface area contributed by atoms with Crippen molar-refractivity contribution in [2.45, 2.75) is 6.10 Å².